The van der Waals surface area contributed by atoms with Crippen LogP contribution in [0.1, 0.15) is 45.4 Å². The molecule has 0 spiro atoms. The zero-order chi connectivity index (χ0) is 21.5. The topological polar surface area (TPSA) is 53.9 Å². The number of ether oxygens (including phenoxy) is 1. The first kappa shape index (κ1) is 21.8. The number of carbonyl (C=O) groups is 1. The van der Waals surface area contributed by atoms with Crippen LogP contribution in [0.5, 0.6) is 11.5 Å². The van der Waals surface area contributed by atoms with Crippen LogP contribution in [0.25, 0.3) is 0 Å². The average Bonchev–Trinajstić information content (AvgIpc) is 3.17. The van der Waals surface area contributed by atoms with Crippen LogP contribution in [0.2, 0.25) is 0 Å². The van der Waals surface area contributed by atoms with E-state index in [-0.39, 0.29) is 11.9 Å². The van der Waals surface area contributed by atoms with Crippen molar-refractivity contribution in [3.63, 3.8) is 0 Å². The number of thioether (sulfide) groups is 1. The Labute approximate surface area is 189 Å². The van der Waals surface area contributed by atoms with Crippen molar-refractivity contribution in [2.45, 2.75) is 57.5 Å². The van der Waals surface area contributed by atoms with Gasteiger partial charge in [-0.2, -0.15) is 0 Å². The molecule has 2 aromatic rings. The summed E-state index contributed by atoms with van der Waals surface area (Å²) in [5, 5.41) is 4.16. The van der Waals surface area contributed by atoms with Gasteiger partial charge >= 0.3 is 0 Å². The van der Waals surface area contributed by atoms with E-state index in [4.69, 9.17) is 9.73 Å². The number of hydrogen-bond acceptors (Lipinski definition) is 4. The minimum absolute atomic E-state index is 0.0414. The van der Waals surface area contributed by atoms with Crippen molar-refractivity contribution < 1.29 is 9.53 Å². The number of nitrogens with one attached hydrogen (secondary N) is 1. The normalized spacial score (nSPS) is 20.7. The summed E-state index contributed by atoms with van der Waals surface area (Å²) in [7, 11) is 0. The maximum atomic E-state index is 12.7. The van der Waals surface area contributed by atoms with Gasteiger partial charge in [-0.1, -0.05) is 49.2 Å². The Kier molecular flexibility index (Phi) is 7.52. The summed E-state index contributed by atoms with van der Waals surface area (Å²) < 4.78 is 5.81. The van der Waals surface area contributed by atoms with Crippen molar-refractivity contribution in [2.24, 2.45) is 4.99 Å². The van der Waals surface area contributed by atoms with Crippen LogP contribution in [-0.4, -0.2) is 40.4 Å². The molecule has 2 aromatic carbocycles. The van der Waals surface area contributed by atoms with E-state index in [9.17, 15) is 4.79 Å². The molecule has 1 aliphatic carbocycles. The van der Waals surface area contributed by atoms with Gasteiger partial charge in [-0.15, -0.1) is 0 Å². The molecule has 0 aromatic heterocycles. The molecule has 5 nitrogen and oxygen atoms in total. The average molecular weight is 438 g/mol. The van der Waals surface area contributed by atoms with Gasteiger partial charge in [0.1, 0.15) is 11.5 Å². The highest BCUT2D eigenvalue weighted by molar-refractivity contribution is 8.14. The molecule has 6 heteroatoms. The molecule has 1 unspecified atom stereocenters. The van der Waals surface area contributed by atoms with Crippen LogP contribution in [0.3, 0.4) is 0 Å². The van der Waals surface area contributed by atoms with Gasteiger partial charge in [-0.3, -0.25) is 9.79 Å². The van der Waals surface area contributed by atoms with Crippen LogP contribution in [0.15, 0.2) is 59.6 Å². The molecule has 164 valence electrons. The molecule has 4 rings (SSSR count). The van der Waals surface area contributed by atoms with Gasteiger partial charge in [0.2, 0.25) is 5.91 Å². The second-order valence-electron chi connectivity index (χ2n) is 8.15. The van der Waals surface area contributed by atoms with Crippen molar-refractivity contribution in [1.29, 1.82) is 0 Å². The Hall–Kier alpha value is -2.47. The Morgan fingerprint density at radius 2 is 1.77 bits per heavy atom. The van der Waals surface area contributed by atoms with Crippen LogP contribution in [0.4, 0.5) is 5.69 Å². The van der Waals surface area contributed by atoms with Gasteiger partial charge in [-0.05, 0) is 56.2 Å². The zero-order valence-electron chi connectivity index (χ0n) is 18.1. The van der Waals surface area contributed by atoms with E-state index >= 15 is 0 Å². The van der Waals surface area contributed by atoms with Gasteiger partial charge in [0.15, 0.2) is 5.17 Å². The Balaban J connectivity index is 1.30. The highest BCUT2D eigenvalue weighted by Gasteiger charge is 2.31. The fourth-order valence-corrected chi connectivity index (χ4v) is 5.50. The third kappa shape index (κ3) is 6.03. The molecule has 1 saturated heterocycles. The van der Waals surface area contributed by atoms with E-state index < -0.39 is 0 Å². The van der Waals surface area contributed by atoms with E-state index in [1.807, 2.05) is 66.4 Å². The molecular weight excluding hydrogens is 406 g/mol. The second kappa shape index (κ2) is 10.7. The fraction of sp³-hybridized carbons (Fsp3) is 0.440. The minimum atomic E-state index is 0.0414. The Morgan fingerprint density at radius 1 is 1.06 bits per heavy atom. The van der Waals surface area contributed by atoms with Crippen LogP contribution in [0, 0.1) is 0 Å². The predicted molar refractivity (Wildman–Crippen MR) is 129 cm³/mol. The molecule has 1 heterocycles. The maximum absolute atomic E-state index is 12.7. The lowest BCUT2D eigenvalue weighted by Crippen LogP contribution is -2.37. The molecule has 1 saturated carbocycles. The zero-order valence-corrected chi connectivity index (χ0v) is 18.9. The number of rotatable bonds is 7. The van der Waals surface area contributed by atoms with Crippen molar-refractivity contribution in [3.8, 4) is 11.5 Å². The molecule has 0 bridgehead atoms. The molecule has 0 radical (unpaired) electrons. The fourth-order valence-electron chi connectivity index (χ4n) is 4.20. The maximum Gasteiger partial charge on any atom is 0.226 e. The summed E-state index contributed by atoms with van der Waals surface area (Å²) >= 11 is 1.81. The summed E-state index contributed by atoms with van der Waals surface area (Å²) in [5.41, 5.74) is 0.787. The lowest BCUT2D eigenvalue weighted by Gasteiger charge is -2.26. The summed E-state index contributed by atoms with van der Waals surface area (Å²) in [4.78, 5) is 20.0. The van der Waals surface area contributed by atoms with Gasteiger partial charge < -0.3 is 15.0 Å². The van der Waals surface area contributed by atoms with Gasteiger partial charge in [0.25, 0.3) is 0 Å². The highest BCUT2D eigenvalue weighted by atomic mass is 32.2. The van der Waals surface area contributed by atoms with Crippen LogP contribution < -0.4 is 10.1 Å². The van der Waals surface area contributed by atoms with Gasteiger partial charge in [-0.25, -0.2) is 0 Å². The number of aliphatic imine (C=N–C) groups is 1. The quantitative estimate of drug-likeness (QED) is 0.583. The lowest BCUT2D eigenvalue weighted by atomic mass is 9.96. The van der Waals surface area contributed by atoms with Crippen molar-refractivity contribution >= 4 is 28.5 Å². The largest absolute Gasteiger partial charge is 0.457 e. The monoisotopic (exact) mass is 437 g/mol. The first-order valence-electron chi connectivity index (χ1n) is 11.3. The van der Waals surface area contributed by atoms with Crippen molar-refractivity contribution in [2.75, 3.05) is 17.6 Å². The number of hydrogen-bond donors (Lipinski definition) is 1. The first-order chi connectivity index (χ1) is 15.2. The van der Waals surface area contributed by atoms with Crippen LogP contribution >= 0.6 is 11.8 Å². The molecule has 1 atom stereocenters. The number of para-hydroxylation sites is 1. The Morgan fingerprint density at radius 3 is 2.48 bits per heavy atom. The summed E-state index contributed by atoms with van der Waals surface area (Å²) in [6.07, 6.45) is 6.81. The summed E-state index contributed by atoms with van der Waals surface area (Å²) in [6, 6.07) is 17.9. The molecule has 1 amide bonds. The molecule has 2 fully saturated rings. The SMILES string of the molecule is CCN1C(=NC2CCCCC2)SCC1CC(=O)Nc1ccc(Oc2ccccc2)cc1. The van der Waals surface area contributed by atoms with Crippen LogP contribution in [-0.2, 0) is 4.79 Å². The summed E-state index contributed by atoms with van der Waals surface area (Å²) in [6.45, 7) is 3.04. The minimum Gasteiger partial charge on any atom is -0.457 e. The third-order valence-electron chi connectivity index (χ3n) is 5.84. The number of benzene rings is 2. The van der Waals surface area contributed by atoms with E-state index in [2.05, 4.69) is 17.1 Å². The molecule has 2 aliphatic rings. The second-order valence-corrected chi connectivity index (χ2v) is 9.13. The smallest absolute Gasteiger partial charge is 0.226 e. The standard InChI is InChI=1S/C25H31N3O2S/c1-2-28-21(18-31-25(28)27-19-9-5-3-6-10-19)17-24(29)26-20-13-15-23(16-14-20)30-22-11-7-4-8-12-22/h4,7-8,11-16,19,21H,2-3,5-6,9-10,17-18H2,1H3,(H,26,29). The summed E-state index contributed by atoms with van der Waals surface area (Å²) in [5.74, 6) is 2.51. The molecule has 1 N–H and O–H groups in total. The van der Waals surface area contributed by atoms with E-state index in [1.54, 1.807) is 0 Å². The molecule has 31 heavy (non-hydrogen) atoms. The van der Waals surface area contributed by atoms with E-state index in [0.717, 1.165) is 34.7 Å². The third-order valence-corrected chi connectivity index (χ3v) is 6.99. The predicted octanol–water partition coefficient (Wildman–Crippen LogP) is 5.93. The number of anilines is 1. The highest BCUT2D eigenvalue weighted by Crippen LogP contribution is 2.29. The molecule has 1 aliphatic heterocycles. The first-order valence-corrected chi connectivity index (χ1v) is 12.3. The lowest BCUT2D eigenvalue weighted by molar-refractivity contribution is -0.116. The van der Waals surface area contributed by atoms with E-state index in [0.29, 0.717) is 12.5 Å². The number of carbonyl (C=O) groups excluding carboxylic acids is 1. The van der Waals surface area contributed by atoms with Crippen molar-refractivity contribution in [3.05, 3.63) is 54.6 Å². The number of nitrogens with zero attached hydrogens (tertiary/aromatic N) is 2. The number of amidine groups is 1. The van der Waals surface area contributed by atoms with Gasteiger partial charge in [0.05, 0.1) is 6.04 Å². The van der Waals surface area contributed by atoms with E-state index in [1.165, 1.54) is 32.1 Å². The van der Waals surface area contributed by atoms with Crippen molar-refractivity contribution in [1.82, 2.24) is 4.90 Å². The Bertz CT molecular complexity index is 879. The molecular formula is C25H31N3O2S. The van der Waals surface area contributed by atoms with Gasteiger partial charge in [0, 0.05) is 30.4 Å². The number of amides is 1.